The number of nitrogens with one attached hydrogen (secondary N) is 1. The standard InChI is InChI=1S/C4H6N2S/c7-6-4-2-1-3-5-6/h1-5,7H. The summed E-state index contributed by atoms with van der Waals surface area (Å²) in [4.78, 5) is 0. The van der Waals surface area contributed by atoms with Gasteiger partial charge in [0.15, 0.2) is 0 Å². The summed E-state index contributed by atoms with van der Waals surface area (Å²) in [6.45, 7) is 0. The van der Waals surface area contributed by atoms with Crippen molar-refractivity contribution < 1.29 is 0 Å². The van der Waals surface area contributed by atoms with Gasteiger partial charge in [0.2, 0.25) is 0 Å². The number of hydrogen-bond acceptors (Lipinski definition) is 3. The van der Waals surface area contributed by atoms with Gasteiger partial charge in [-0.1, -0.05) is 0 Å². The van der Waals surface area contributed by atoms with E-state index in [9.17, 15) is 0 Å². The zero-order chi connectivity index (χ0) is 5.11. The fourth-order valence-electron chi connectivity index (χ4n) is 0.349. The van der Waals surface area contributed by atoms with Crippen LogP contribution in [0, 0.1) is 0 Å². The molecule has 0 amide bonds. The van der Waals surface area contributed by atoms with E-state index in [1.807, 2.05) is 18.4 Å². The molecule has 0 aromatic carbocycles. The van der Waals surface area contributed by atoms with Crippen molar-refractivity contribution in [3.63, 3.8) is 0 Å². The topological polar surface area (TPSA) is 15.3 Å². The fraction of sp³-hybridized carbons (Fsp3) is 0. The van der Waals surface area contributed by atoms with Crippen molar-refractivity contribution in [3.05, 3.63) is 24.6 Å². The maximum atomic E-state index is 3.95. The molecule has 1 N–H and O–H groups in total. The first kappa shape index (κ1) is 4.59. The van der Waals surface area contributed by atoms with Gasteiger partial charge in [0.1, 0.15) is 0 Å². The van der Waals surface area contributed by atoms with Crippen LogP contribution in [0.2, 0.25) is 0 Å². The summed E-state index contributed by atoms with van der Waals surface area (Å²) >= 11 is 3.95. The van der Waals surface area contributed by atoms with E-state index in [1.165, 1.54) is 0 Å². The molecule has 0 spiro atoms. The molecule has 0 atom stereocenters. The number of hydrogen-bond donors (Lipinski definition) is 2. The van der Waals surface area contributed by atoms with Crippen LogP contribution in [0.3, 0.4) is 0 Å². The normalized spacial score (nSPS) is 17.0. The van der Waals surface area contributed by atoms with E-state index in [2.05, 4.69) is 18.2 Å². The van der Waals surface area contributed by atoms with Gasteiger partial charge >= 0.3 is 0 Å². The summed E-state index contributed by atoms with van der Waals surface area (Å²) < 4.78 is 1.57. The highest BCUT2D eigenvalue weighted by atomic mass is 32.1. The van der Waals surface area contributed by atoms with E-state index in [1.54, 1.807) is 10.6 Å². The number of thiol groups is 1. The summed E-state index contributed by atoms with van der Waals surface area (Å²) in [5.74, 6) is 0. The molecule has 0 saturated heterocycles. The first-order valence-corrected chi connectivity index (χ1v) is 2.37. The van der Waals surface area contributed by atoms with Crippen molar-refractivity contribution in [1.82, 2.24) is 9.84 Å². The molecule has 0 saturated carbocycles. The highest BCUT2D eigenvalue weighted by Crippen LogP contribution is 1.92. The molecule has 1 heterocycles. The number of allylic oxidation sites excluding steroid dienone is 2. The van der Waals surface area contributed by atoms with Gasteiger partial charge in [-0.25, -0.2) is 4.41 Å². The monoisotopic (exact) mass is 114 g/mol. The molecular weight excluding hydrogens is 108 g/mol. The minimum absolute atomic E-state index is 1.57. The van der Waals surface area contributed by atoms with E-state index >= 15 is 0 Å². The van der Waals surface area contributed by atoms with Crippen LogP contribution in [0.25, 0.3) is 0 Å². The van der Waals surface area contributed by atoms with Gasteiger partial charge in [0.05, 0.1) is 0 Å². The van der Waals surface area contributed by atoms with E-state index < -0.39 is 0 Å². The van der Waals surface area contributed by atoms with Crippen LogP contribution in [0.5, 0.6) is 0 Å². The predicted octanol–water partition coefficient (Wildman–Crippen LogP) is 0.679. The second kappa shape index (κ2) is 1.93. The second-order valence-electron chi connectivity index (χ2n) is 1.17. The maximum Gasteiger partial charge on any atom is 0.0336 e. The van der Waals surface area contributed by atoms with Crippen LogP contribution in [-0.2, 0) is 0 Å². The maximum absolute atomic E-state index is 3.95. The number of hydrazine groups is 1. The van der Waals surface area contributed by atoms with Crippen LogP contribution < -0.4 is 5.43 Å². The molecule has 0 aromatic rings. The molecule has 2 nitrogen and oxygen atoms in total. The number of nitrogens with zero attached hydrogens (tertiary/aromatic N) is 1. The quantitative estimate of drug-likeness (QED) is 0.450. The van der Waals surface area contributed by atoms with Gasteiger partial charge in [-0.2, -0.15) is 0 Å². The Balaban J connectivity index is 2.49. The van der Waals surface area contributed by atoms with E-state index in [-0.39, 0.29) is 0 Å². The van der Waals surface area contributed by atoms with Gasteiger partial charge in [-0.3, -0.25) is 5.43 Å². The molecule has 1 aliphatic rings. The van der Waals surface area contributed by atoms with E-state index in [4.69, 9.17) is 0 Å². The first-order chi connectivity index (χ1) is 3.39. The third-order valence-corrected chi connectivity index (χ3v) is 0.890. The summed E-state index contributed by atoms with van der Waals surface area (Å²) in [5.41, 5.74) is 2.81. The van der Waals surface area contributed by atoms with E-state index in [0.29, 0.717) is 0 Å². The SMILES string of the molecule is SN1C=CC=CN1. The molecule has 1 rings (SSSR count). The van der Waals surface area contributed by atoms with Crippen molar-refractivity contribution in [2.45, 2.75) is 0 Å². The molecular formula is C4H6N2S. The highest BCUT2D eigenvalue weighted by molar-refractivity contribution is 7.77. The number of rotatable bonds is 0. The lowest BCUT2D eigenvalue weighted by atomic mass is 10.5. The Bertz CT molecular complexity index is 108. The molecule has 1 aliphatic heterocycles. The van der Waals surface area contributed by atoms with Gasteiger partial charge in [0, 0.05) is 12.4 Å². The average Bonchev–Trinajstić information content (AvgIpc) is 1.69. The molecule has 38 valence electrons. The van der Waals surface area contributed by atoms with Crippen molar-refractivity contribution >= 4 is 12.8 Å². The Hall–Kier alpha value is -0.570. The predicted molar refractivity (Wildman–Crippen MR) is 32.2 cm³/mol. The molecule has 0 radical (unpaired) electrons. The molecule has 0 fully saturated rings. The summed E-state index contributed by atoms with van der Waals surface area (Å²) in [6, 6.07) is 0. The third-order valence-electron chi connectivity index (χ3n) is 0.641. The molecule has 0 aliphatic carbocycles. The van der Waals surface area contributed by atoms with Crippen LogP contribution >= 0.6 is 12.8 Å². The summed E-state index contributed by atoms with van der Waals surface area (Å²) in [5, 5.41) is 0. The van der Waals surface area contributed by atoms with Crippen molar-refractivity contribution in [1.29, 1.82) is 0 Å². The van der Waals surface area contributed by atoms with Crippen LogP contribution in [0.15, 0.2) is 24.6 Å². The molecule has 0 bridgehead atoms. The fourth-order valence-corrected chi connectivity index (χ4v) is 0.493. The first-order valence-electron chi connectivity index (χ1n) is 1.97. The lowest BCUT2D eigenvalue weighted by molar-refractivity contribution is 0.540. The lowest BCUT2D eigenvalue weighted by Gasteiger charge is -2.12. The Morgan fingerprint density at radius 2 is 2.29 bits per heavy atom. The highest BCUT2D eigenvalue weighted by Gasteiger charge is 1.84. The molecule has 0 unspecified atom stereocenters. The smallest absolute Gasteiger partial charge is 0.0336 e. The van der Waals surface area contributed by atoms with Gasteiger partial charge < -0.3 is 0 Å². The molecule has 7 heavy (non-hydrogen) atoms. The van der Waals surface area contributed by atoms with Crippen molar-refractivity contribution in [2.24, 2.45) is 0 Å². The van der Waals surface area contributed by atoms with Crippen LogP contribution in [0.4, 0.5) is 0 Å². The Morgan fingerprint density at radius 1 is 1.43 bits per heavy atom. The van der Waals surface area contributed by atoms with Crippen LogP contribution in [0.1, 0.15) is 0 Å². The largest absolute Gasteiger partial charge is 0.296 e. The van der Waals surface area contributed by atoms with Gasteiger partial charge in [-0.15, -0.1) is 0 Å². The van der Waals surface area contributed by atoms with Gasteiger partial charge in [-0.05, 0) is 25.0 Å². The Kier molecular flexibility index (Phi) is 1.26. The summed E-state index contributed by atoms with van der Waals surface area (Å²) in [6.07, 6.45) is 7.40. The van der Waals surface area contributed by atoms with Gasteiger partial charge in [0.25, 0.3) is 0 Å². The summed E-state index contributed by atoms with van der Waals surface area (Å²) in [7, 11) is 0. The Morgan fingerprint density at radius 3 is 2.57 bits per heavy atom. The zero-order valence-electron chi connectivity index (χ0n) is 3.70. The minimum atomic E-state index is 1.57. The third kappa shape index (κ3) is 1.16. The molecule has 0 aromatic heterocycles. The second-order valence-corrected chi connectivity index (χ2v) is 1.61. The van der Waals surface area contributed by atoms with Crippen LogP contribution in [-0.4, -0.2) is 4.41 Å². The Labute approximate surface area is 48.0 Å². The zero-order valence-corrected chi connectivity index (χ0v) is 4.60. The molecule has 3 heteroatoms. The average molecular weight is 114 g/mol. The lowest BCUT2D eigenvalue weighted by Crippen LogP contribution is -2.19. The van der Waals surface area contributed by atoms with E-state index in [0.717, 1.165) is 0 Å². The minimum Gasteiger partial charge on any atom is -0.296 e. The van der Waals surface area contributed by atoms with Crippen molar-refractivity contribution in [2.75, 3.05) is 0 Å². The van der Waals surface area contributed by atoms with Crippen molar-refractivity contribution in [3.8, 4) is 0 Å².